The highest BCUT2D eigenvalue weighted by Crippen LogP contribution is 2.36. The number of halogens is 3. The first-order valence-electron chi connectivity index (χ1n) is 5.55. The van der Waals surface area contributed by atoms with Crippen molar-refractivity contribution in [1.29, 1.82) is 0 Å². The van der Waals surface area contributed by atoms with Crippen molar-refractivity contribution in [2.75, 3.05) is 0 Å². The van der Waals surface area contributed by atoms with Crippen molar-refractivity contribution in [2.24, 2.45) is 0 Å². The molecular formula is C13H11F3N2O. The van der Waals surface area contributed by atoms with Gasteiger partial charge in [-0.05, 0) is 19.9 Å². The number of alkyl halides is 3. The lowest BCUT2D eigenvalue weighted by molar-refractivity contribution is -0.137. The van der Waals surface area contributed by atoms with E-state index in [0.29, 0.717) is 0 Å². The molecule has 0 aliphatic rings. The Morgan fingerprint density at radius 3 is 2.42 bits per heavy atom. The van der Waals surface area contributed by atoms with Crippen LogP contribution >= 0.6 is 0 Å². The first-order valence-corrected chi connectivity index (χ1v) is 5.55. The largest absolute Gasteiger partial charge is 0.417 e. The van der Waals surface area contributed by atoms with Crippen LogP contribution < -0.4 is 5.56 Å². The van der Waals surface area contributed by atoms with Gasteiger partial charge in [-0.25, -0.2) is 4.98 Å². The van der Waals surface area contributed by atoms with Crippen LogP contribution in [0, 0.1) is 13.8 Å². The Bertz CT molecular complexity index is 674. The third-order valence-electron chi connectivity index (χ3n) is 2.76. The molecule has 0 unspecified atom stereocenters. The summed E-state index contributed by atoms with van der Waals surface area (Å²) < 4.78 is 38.9. The SMILES string of the molecule is Cc1nc(-c2ccccc2C(F)(F)F)c(C)c(=O)[nH]1. The topological polar surface area (TPSA) is 45.8 Å². The standard InChI is InChI=1S/C13H11F3N2O/c1-7-11(17-8(2)18-12(7)19)9-5-3-4-6-10(9)13(14,15)16/h3-6H,1-2H3,(H,17,18,19). The van der Waals surface area contributed by atoms with Crippen LogP contribution in [0.5, 0.6) is 0 Å². The maximum absolute atomic E-state index is 13.0. The minimum Gasteiger partial charge on any atom is -0.311 e. The molecule has 1 heterocycles. The van der Waals surface area contributed by atoms with Crippen LogP contribution in [0.3, 0.4) is 0 Å². The van der Waals surface area contributed by atoms with Gasteiger partial charge in [0.1, 0.15) is 5.82 Å². The molecule has 1 aromatic carbocycles. The number of hydrogen-bond donors (Lipinski definition) is 1. The van der Waals surface area contributed by atoms with E-state index < -0.39 is 17.3 Å². The molecular weight excluding hydrogens is 257 g/mol. The molecule has 100 valence electrons. The molecule has 2 rings (SSSR count). The Morgan fingerprint density at radius 2 is 1.79 bits per heavy atom. The summed E-state index contributed by atoms with van der Waals surface area (Å²) in [5.74, 6) is 0.280. The number of rotatable bonds is 1. The average Bonchev–Trinajstić information content (AvgIpc) is 2.33. The molecule has 0 aliphatic carbocycles. The fourth-order valence-electron chi connectivity index (χ4n) is 1.84. The van der Waals surface area contributed by atoms with Gasteiger partial charge in [-0.1, -0.05) is 18.2 Å². The normalized spacial score (nSPS) is 11.6. The molecule has 1 aromatic heterocycles. The summed E-state index contributed by atoms with van der Waals surface area (Å²) in [6.07, 6.45) is -4.48. The number of nitrogens with one attached hydrogen (secondary N) is 1. The van der Waals surface area contributed by atoms with Gasteiger partial charge in [-0.15, -0.1) is 0 Å². The van der Waals surface area contributed by atoms with E-state index in [1.165, 1.54) is 32.0 Å². The molecule has 2 aromatic rings. The highest BCUT2D eigenvalue weighted by atomic mass is 19.4. The average molecular weight is 268 g/mol. The number of aromatic amines is 1. The van der Waals surface area contributed by atoms with Gasteiger partial charge in [0.05, 0.1) is 11.3 Å². The van der Waals surface area contributed by atoms with Gasteiger partial charge in [0.2, 0.25) is 0 Å². The zero-order valence-corrected chi connectivity index (χ0v) is 10.3. The van der Waals surface area contributed by atoms with Gasteiger partial charge in [0.25, 0.3) is 5.56 Å². The Balaban J connectivity index is 2.77. The van der Waals surface area contributed by atoms with Crippen molar-refractivity contribution in [3.63, 3.8) is 0 Å². The molecule has 0 aliphatic heterocycles. The summed E-state index contributed by atoms with van der Waals surface area (Å²) in [5.41, 5.74) is -1.08. The molecule has 0 saturated heterocycles. The number of hydrogen-bond acceptors (Lipinski definition) is 2. The lowest BCUT2D eigenvalue weighted by atomic mass is 10.0. The van der Waals surface area contributed by atoms with Crippen LogP contribution in [0.4, 0.5) is 13.2 Å². The second-order valence-corrected chi connectivity index (χ2v) is 4.17. The van der Waals surface area contributed by atoms with Gasteiger partial charge in [-0.3, -0.25) is 4.79 Å². The van der Waals surface area contributed by atoms with E-state index in [4.69, 9.17) is 0 Å². The van der Waals surface area contributed by atoms with Crippen LogP contribution in [-0.4, -0.2) is 9.97 Å². The smallest absolute Gasteiger partial charge is 0.311 e. The third kappa shape index (κ3) is 2.52. The van der Waals surface area contributed by atoms with E-state index in [2.05, 4.69) is 9.97 Å². The van der Waals surface area contributed by atoms with Crippen LogP contribution in [0.2, 0.25) is 0 Å². The number of H-pyrrole nitrogens is 1. The molecule has 3 nitrogen and oxygen atoms in total. The molecule has 0 atom stereocenters. The van der Waals surface area contributed by atoms with E-state index in [9.17, 15) is 18.0 Å². The minimum absolute atomic E-state index is 0.0641. The van der Waals surface area contributed by atoms with E-state index in [1.54, 1.807) is 0 Å². The fraction of sp³-hybridized carbons (Fsp3) is 0.231. The summed E-state index contributed by atoms with van der Waals surface area (Å²) in [4.78, 5) is 18.1. The van der Waals surface area contributed by atoms with Gasteiger partial charge in [0.15, 0.2) is 0 Å². The van der Waals surface area contributed by atoms with Crippen molar-refractivity contribution >= 4 is 0 Å². The van der Waals surface area contributed by atoms with Crippen LogP contribution in [0.1, 0.15) is 17.0 Å². The molecule has 1 N–H and O–H groups in total. The minimum atomic E-state index is -4.48. The predicted octanol–water partition coefficient (Wildman–Crippen LogP) is 3.07. The van der Waals surface area contributed by atoms with Gasteiger partial charge in [-0.2, -0.15) is 13.2 Å². The third-order valence-corrected chi connectivity index (χ3v) is 2.76. The highest BCUT2D eigenvalue weighted by Gasteiger charge is 2.34. The van der Waals surface area contributed by atoms with Gasteiger partial charge >= 0.3 is 6.18 Å². The molecule has 0 radical (unpaired) electrons. The van der Waals surface area contributed by atoms with E-state index in [1.807, 2.05) is 0 Å². The molecule has 0 saturated carbocycles. The number of nitrogens with zero attached hydrogens (tertiary/aromatic N) is 1. The summed E-state index contributed by atoms with van der Waals surface area (Å²) in [5, 5.41) is 0. The van der Waals surface area contributed by atoms with Crippen molar-refractivity contribution in [3.8, 4) is 11.3 Å². The predicted molar refractivity (Wildman–Crippen MR) is 64.8 cm³/mol. The first kappa shape index (κ1) is 13.3. The van der Waals surface area contributed by atoms with Gasteiger partial charge in [0, 0.05) is 11.1 Å². The monoisotopic (exact) mass is 268 g/mol. The van der Waals surface area contributed by atoms with E-state index in [0.717, 1.165) is 6.07 Å². The Hall–Kier alpha value is -2.11. The molecule has 6 heteroatoms. The first-order chi connectivity index (χ1) is 8.80. The van der Waals surface area contributed by atoms with Crippen molar-refractivity contribution in [2.45, 2.75) is 20.0 Å². The van der Waals surface area contributed by atoms with Crippen LogP contribution in [0.15, 0.2) is 29.1 Å². The van der Waals surface area contributed by atoms with Crippen LogP contribution in [0.25, 0.3) is 11.3 Å². The highest BCUT2D eigenvalue weighted by molar-refractivity contribution is 5.67. The number of aryl methyl sites for hydroxylation is 1. The summed E-state index contributed by atoms with van der Waals surface area (Å²) in [7, 11) is 0. The quantitative estimate of drug-likeness (QED) is 0.863. The summed E-state index contributed by atoms with van der Waals surface area (Å²) >= 11 is 0. The van der Waals surface area contributed by atoms with Crippen molar-refractivity contribution < 1.29 is 13.2 Å². The van der Waals surface area contributed by atoms with Crippen molar-refractivity contribution in [1.82, 2.24) is 9.97 Å². The van der Waals surface area contributed by atoms with E-state index >= 15 is 0 Å². The molecule has 0 spiro atoms. The lowest BCUT2D eigenvalue weighted by Crippen LogP contribution is -2.16. The molecule has 19 heavy (non-hydrogen) atoms. The Morgan fingerprint density at radius 1 is 1.16 bits per heavy atom. The van der Waals surface area contributed by atoms with Crippen molar-refractivity contribution in [3.05, 3.63) is 51.6 Å². The number of aromatic nitrogens is 2. The lowest BCUT2D eigenvalue weighted by Gasteiger charge is -2.13. The Kier molecular flexibility index (Phi) is 3.18. The van der Waals surface area contributed by atoms with E-state index in [-0.39, 0.29) is 22.6 Å². The number of benzene rings is 1. The zero-order valence-electron chi connectivity index (χ0n) is 10.3. The zero-order chi connectivity index (χ0) is 14.2. The summed E-state index contributed by atoms with van der Waals surface area (Å²) in [6, 6.07) is 5.09. The summed E-state index contributed by atoms with van der Waals surface area (Å²) in [6.45, 7) is 2.98. The molecule has 0 fully saturated rings. The van der Waals surface area contributed by atoms with Crippen LogP contribution in [-0.2, 0) is 6.18 Å². The maximum atomic E-state index is 13.0. The van der Waals surface area contributed by atoms with Gasteiger partial charge < -0.3 is 4.98 Å². The Labute approximate surface area is 107 Å². The second kappa shape index (κ2) is 4.53. The molecule has 0 amide bonds. The maximum Gasteiger partial charge on any atom is 0.417 e. The fourth-order valence-corrected chi connectivity index (χ4v) is 1.84. The second-order valence-electron chi connectivity index (χ2n) is 4.17. The molecule has 0 bridgehead atoms.